The Bertz CT molecular complexity index is 806. The van der Waals surface area contributed by atoms with Crippen LogP contribution in [-0.2, 0) is 14.3 Å². The quantitative estimate of drug-likeness (QED) is 0.123. The number of nitrogens with zero attached hydrogens (tertiary/aromatic N) is 2. The molecule has 190 valence electrons. The molecule has 0 spiro atoms. The van der Waals surface area contributed by atoms with Crippen LogP contribution in [0.3, 0.4) is 0 Å². The van der Waals surface area contributed by atoms with Crippen LogP contribution in [0, 0.1) is 11.7 Å². The van der Waals surface area contributed by atoms with Crippen LogP contribution in [0.4, 0.5) is 9.18 Å². The molecule has 1 aliphatic rings. The first-order valence-corrected chi connectivity index (χ1v) is 11.8. The van der Waals surface area contributed by atoms with Crippen molar-refractivity contribution in [2.24, 2.45) is 5.92 Å². The zero-order valence-corrected chi connectivity index (χ0v) is 20.3. The predicted molar refractivity (Wildman–Crippen MR) is 125 cm³/mol. The molecule has 2 amide bonds. The molecule has 0 heterocycles. The highest BCUT2D eigenvalue weighted by molar-refractivity contribution is 5.77. The lowest BCUT2D eigenvalue weighted by molar-refractivity contribution is -0.144. The van der Waals surface area contributed by atoms with Gasteiger partial charge in [0.1, 0.15) is 6.29 Å². The molecule has 0 bridgehead atoms. The maximum atomic E-state index is 14.0. The molecular formula is C24H37FN4O5. The van der Waals surface area contributed by atoms with Crippen LogP contribution in [0.25, 0.3) is 0 Å². The van der Waals surface area contributed by atoms with E-state index in [1.54, 1.807) is 12.1 Å². The number of ether oxygens (including phenoxy) is 2. The lowest BCUT2D eigenvalue weighted by Gasteiger charge is -2.26. The number of benzene rings is 1. The lowest BCUT2D eigenvalue weighted by atomic mass is 10.1. The number of esters is 1. The number of nitrogens with one attached hydrogen (secondary N) is 2. The molecule has 1 atom stereocenters. The minimum Gasteiger partial charge on any atom is -0.490 e. The van der Waals surface area contributed by atoms with Gasteiger partial charge in [-0.1, -0.05) is 12.5 Å². The van der Waals surface area contributed by atoms with E-state index in [-0.39, 0.29) is 31.2 Å². The van der Waals surface area contributed by atoms with E-state index in [1.807, 2.05) is 6.92 Å². The van der Waals surface area contributed by atoms with Gasteiger partial charge in [-0.05, 0) is 56.2 Å². The van der Waals surface area contributed by atoms with E-state index < -0.39 is 5.97 Å². The third-order valence-electron chi connectivity index (χ3n) is 5.53. The van der Waals surface area contributed by atoms with Crippen LogP contribution >= 0.6 is 0 Å². The Hall–Kier alpha value is -2.72. The highest BCUT2D eigenvalue weighted by Crippen LogP contribution is 2.31. The van der Waals surface area contributed by atoms with Gasteiger partial charge in [0.15, 0.2) is 18.3 Å². The molecule has 1 unspecified atom stereocenters. The number of unbranched alkanes of at least 4 members (excludes halogenated alkanes) is 2. The van der Waals surface area contributed by atoms with E-state index in [4.69, 9.17) is 9.47 Å². The van der Waals surface area contributed by atoms with Gasteiger partial charge < -0.3 is 19.2 Å². The zero-order valence-electron chi connectivity index (χ0n) is 20.3. The van der Waals surface area contributed by atoms with Crippen LogP contribution in [0.1, 0.15) is 57.6 Å². The van der Waals surface area contributed by atoms with E-state index in [0.717, 1.165) is 37.7 Å². The Labute approximate surface area is 200 Å². The van der Waals surface area contributed by atoms with Gasteiger partial charge in [0.2, 0.25) is 0 Å². The van der Waals surface area contributed by atoms with Crippen molar-refractivity contribution in [2.45, 2.75) is 52.0 Å². The summed E-state index contributed by atoms with van der Waals surface area (Å²) >= 11 is 0. The number of carbonyl (C=O) groups is 3. The number of urea groups is 1. The van der Waals surface area contributed by atoms with E-state index in [1.165, 1.54) is 29.8 Å². The Balaban J connectivity index is 1.64. The maximum absolute atomic E-state index is 14.0. The molecule has 9 nitrogen and oxygen atoms in total. The van der Waals surface area contributed by atoms with Gasteiger partial charge in [-0.15, -0.1) is 0 Å². The molecule has 0 saturated heterocycles. The summed E-state index contributed by atoms with van der Waals surface area (Å²) in [5, 5.41) is 0. The van der Waals surface area contributed by atoms with Gasteiger partial charge in [-0.3, -0.25) is 20.5 Å². The number of hydrazine groups is 1. The van der Waals surface area contributed by atoms with Gasteiger partial charge in [0.05, 0.1) is 13.2 Å². The van der Waals surface area contributed by atoms with Gasteiger partial charge in [-0.2, -0.15) is 0 Å². The number of rotatable bonds is 16. The zero-order chi connectivity index (χ0) is 24.9. The van der Waals surface area contributed by atoms with Crippen molar-refractivity contribution in [1.82, 2.24) is 20.7 Å². The normalized spacial score (nSPS) is 13.8. The van der Waals surface area contributed by atoms with Gasteiger partial charge >= 0.3 is 12.0 Å². The second kappa shape index (κ2) is 14.5. The first-order chi connectivity index (χ1) is 16.3. The monoisotopic (exact) mass is 480 g/mol. The molecule has 1 aliphatic carbocycles. The molecule has 0 aliphatic heterocycles. The molecule has 1 fully saturated rings. The number of hydrogen-bond donors (Lipinski definition) is 2. The predicted octanol–water partition coefficient (Wildman–Crippen LogP) is 3.01. The highest BCUT2D eigenvalue weighted by Gasteiger charge is 2.23. The molecule has 1 aromatic carbocycles. The Kier molecular flexibility index (Phi) is 11.8. The summed E-state index contributed by atoms with van der Waals surface area (Å²) in [6, 6.07) is 4.54. The maximum Gasteiger partial charge on any atom is 0.322 e. The van der Waals surface area contributed by atoms with Crippen LogP contribution in [-0.4, -0.2) is 68.1 Å². The van der Waals surface area contributed by atoms with E-state index >= 15 is 0 Å². The first-order valence-electron chi connectivity index (χ1n) is 11.8. The standard InChI is InChI=1S/C24H37FN4O5/c1-18(21-9-10-22(25)23(15-21)33-16-20-7-8-20)27-26-11-5-4-6-12-29(13-14-30)24(32)28(3)17-34-19(2)31/h9-10,14-15,18,20,26-27H,4-8,11-13,16-17H2,1-3H3. The summed E-state index contributed by atoms with van der Waals surface area (Å²) in [6.07, 6.45) is 5.45. The molecule has 34 heavy (non-hydrogen) atoms. The molecule has 1 saturated carbocycles. The molecule has 2 N–H and O–H groups in total. The van der Waals surface area contributed by atoms with Crippen LogP contribution in [0.15, 0.2) is 18.2 Å². The summed E-state index contributed by atoms with van der Waals surface area (Å²) < 4.78 is 24.4. The number of hydrogen-bond acceptors (Lipinski definition) is 7. The van der Waals surface area contributed by atoms with Gasteiger partial charge in [0, 0.05) is 33.1 Å². The van der Waals surface area contributed by atoms with Crippen LogP contribution in [0.5, 0.6) is 5.75 Å². The minimum absolute atomic E-state index is 0.00933. The topological polar surface area (TPSA) is 100 Å². The van der Waals surface area contributed by atoms with Gasteiger partial charge in [0.25, 0.3) is 0 Å². The van der Waals surface area contributed by atoms with Crippen molar-refractivity contribution < 1.29 is 28.2 Å². The fourth-order valence-electron chi connectivity index (χ4n) is 3.23. The average Bonchev–Trinajstić information content (AvgIpc) is 3.64. The fourth-order valence-corrected chi connectivity index (χ4v) is 3.23. The summed E-state index contributed by atoms with van der Waals surface area (Å²) in [5.74, 6) is 0.0413. The average molecular weight is 481 g/mol. The molecule has 2 rings (SSSR count). The SMILES string of the molecule is CC(=O)OCN(C)C(=O)N(CC=O)CCCCCNNC(C)c1ccc(F)c(OCC2CC2)c1. The summed E-state index contributed by atoms with van der Waals surface area (Å²) in [4.78, 5) is 36.9. The molecule has 0 aromatic heterocycles. The number of halogens is 1. The van der Waals surface area contributed by atoms with Crippen molar-refractivity contribution in [3.8, 4) is 5.75 Å². The van der Waals surface area contributed by atoms with Crippen molar-refractivity contribution in [2.75, 3.05) is 40.0 Å². The summed E-state index contributed by atoms with van der Waals surface area (Å²) in [6.45, 7) is 4.81. The smallest absolute Gasteiger partial charge is 0.322 e. The summed E-state index contributed by atoms with van der Waals surface area (Å²) in [5.41, 5.74) is 7.32. The Morgan fingerprint density at radius 1 is 1.26 bits per heavy atom. The van der Waals surface area contributed by atoms with Crippen LogP contribution < -0.4 is 15.6 Å². The van der Waals surface area contributed by atoms with Crippen LogP contribution in [0.2, 0.25) is 0 Å². The molecule has 10 heteroatoms. The highest BCUT2D eigenvalue weighted by atomic mass is 19.1. The van der Waals surface area contributed by atoms with E-state index in [9.17, 15) is 18.8 Å². The molecule has 0 radical (unpaired) electrons. The number of amides is 2. The lowest BCUT2D eigenvalue weighted by Crippen LogP contribution is -2.43. The summed E-state index contributed by atoms with van der Waals surface area (Å²) in [7, 11) is 1.52. The van der Waals surface area contributed by atoms with E-state index in [2.05, 4.69) is 10.9 Å². The van der Waals surface area contributed by atoms with Crippen molar-refractivity contribution in [3.63, 3.8) is 0 Å². The second-order valence-corrected chi connectivity index (χ2v) is 8.66. The van der Waals surface area contributed by atoms with Crippen molar-refractivity contribution in [1.29, 1.82) is 0 Å². The first kappa shape index (κ1) is 27.5. The van der Waals surface area contributed by atoms with Crippen molar-refractivity contribution >= 4 is 18.3 Å². The van der Waals surface area contributed by atoms with Crippen molar-refractivity contribution in [3.05, 3.63) is 29.6 Å². The minimum atomic E-state index is -0.473. The fraction of sp³-hybridized carbons (Fsp3) is 0.625. The molecular weight excluding hydrogens is 443 g/mol. The van der Waals surface area contributed by atoms with Gasteiger partial charge in [-0.25, -0.2) is 9.18 Å². The number of aldehydes is 1. The van der Waals surface area contributed by atoms with E-state index in [0.29, 0.717) is 37.6 Å². The molecule has 1 aromatic rings. The largest absolute Gasteiger partial charge is 0.490 e. The number of carbonyl (C=O) groups excluding carboxylic acids is 3. The Morgan fingerprint density at radius 2 is 2.03 bits per heavy atom. The Morgan fingerprint density at radius 3 is 2.71 bits per heavy atom. The second-order valence-electron chi connectivity index (χ2n) is 8.66. The third-order valence-corrected chi connectivity index (χ3v) is 5.53. The third kappa shape index (κ3) is 10.0.